The Bertz CT molecular complexity index is 907. The van der Waals surface area contributed by atoms with Gasteiger partial charge in [0.05, 0.1) is 21.6 Å². The summed E-state index contributed by atoms with van der Waals surface area (Å²) in [7, 11) is 1.50. The van der Waals surface area contributed by atoms with Crippen molar-refractivity contribution in [3.63, 3.8) is 0 Å². The van der Waals surface area contributed by atoms with Gasteiger partial charge in [-0.25, -0.2) is 15.0 Å². The number of carbonyl (C=O) groups excluding carboxylic acids is 1. The van der Waals surface area contributed by atoms with E-state index in [0.29, 0.717) is 43.6 Å². The SMILES string of the molecule is CN.Nc1c(C=O)sc2nc(NC3CC3)nc(-c3ccc(Cl)nc3)c12. The normalized spacial score (nSPS) is 13.2. The second-order valence-corrected chi connectivity index (χ2v) is 6.78. The molecule has 1 aliphatic carbocycles. The monoisotopic (exact) mass is 376 g/mol. The average Bonchev–Trinajstić information content (AvgIpc) is 3.39. The number of fused-ring (bicyclic) bond motifs is 1. The lowest BCUT2D eigenvalue weighted by molar-refractivity contribution is 0.112. The molecular formula is C16H17ClN6OS. The van der Waals surface area contributed by atoms with Crippen LogP contribution in [0.25, 0.3) is 21.5 Å². The van der Waals surface area contributed by atoms with Crippen LogP contribution in [0.1, 0.15) is 22.5 Å². The summed E-state index contributed by atoms with van der Waals surface area (Å²) in [6.45, 7) is 0. The Kier molecular flexibility index (Phi) is 5.12. The van der Waals surface area contributed by atoms with Crippen LogP contribution in [-0.4, -0.2) is 34.3 Å². The molecule has 0 spiro atoms. The van der Waals surface area contributed by atoms with Gasteiger partial charge >= 0.3 is 0 Å². The quantitative estimate of drug-likeness (QED) is 0.473. The number of aromatic nitrogens is 3. The number of nitrogens with one attached hydrogen (secondary N) is 1. The van der Waals surface area contributed by atoms with Gasteiger partial charge < -0.3 is 16.8 Å². The maximum Gasteiger partial charge on any atom is 0.224 e. The van der Waals surface area contributed by atoms with Crippen LogP contribution in [0, 0.1) is 0 Å². The molecule has 130 valence electrons. The van der Waals surface area contributed by atoms with Crippen LogP contribution in [0.5, 0.6) is 0 Å². The molecule has 0 saturated heterocycles. The molecule has 3 aromatic rings. The lowest BCUT2D eigenvalue weighted by Crippen LogP contribution is -2.06. The number of anilines is 2. The standard InChI is InChI=1S/C15H12ClN5OS.CH5N/c16-10-4-1-7(5-18-10)13-11-12(17)9(6-22)23-14(11)21-15(20-13)19-8-2-3-8;1-2/h1,4-6,8H,2-3,17H2,(H,19,20,21);2H2,1H3. The van der Waals surface area contributed by atoms with E-state index >= 15 is 0 Å². The Morgan fingerprint density at radius 1 is 1.32 bits per heavy atom. The first-order chi connectivity index (χ1) is 12.2. The van der Waals surface area contributed by atoms with Gasteiger partial charge in [0.15, 0.2) is 6.29 Å². The van der Waals surface area contributed by atoms with Crippen LogP contribution in [0.4, 0.5) is 11.6 Å². The first kappa shape index (κ1) is 17.5. The molecule has 9 heteroatoms. The number of hydrogen-bond acceptors (Lipinski definition) is 8. The molecule has 5 N–H and O–H groups in total. The molecule has 0 aliphatic heterocycles. The zero-order chi connectivity index (χ0) is 18.0. The van der Waals surface area contributed by atoms with Crippen LogP contribution >= 0.6 is 22.9 Å². The lowest BCUT2D eigenvalue weighted by Gasteiger charge is -2.08. The fraction of sp³-hybridized carbons (Fsp3) is 0.250. The van der Waals surface area contributed by atoms with Gasteiger partial charge in [-0.15, -0.1) is 11.3 Å². The molecule has 7 nitrogen and oxygen atoms in total. The van der Waals surface area contributed by atoms with E-state index in [0.717, 1.165) is 24.7 Å². The van der Waals surface area contributed by atoms with E-state index in [1.54, 1.807) is 12.3 Å². The minimum absolute atomic E-state index is 0.405. The highest BCUT2D eigenvalue weighted by molar-refractivity contribution is 7.21. The van der Waals surface area contributed by atoms with E-state index < -0.39 is 0 Å². The number of pyridine rings is 1. The van der Waals surface area contributed by atoms with Gasteiger partial charge in [-0.2, -0.15) is 0 Å². The molecule has 0 bridgehead atoms. The predicted molar refractivity (Wildman–Crippen MR) is 102 cm³/mol. The van der Waals surface area contributed by atoms with Crippen molar-refractivity contribution in [2.75, 3.05) is 18.1 Å². The molecule has 1 fully saturated rings. The number of hydrogen-bond donors (Lipinski definition) is 3. The van der Waals surface area contributed by atoms with Crippen molar-refractivity contribution in [1.29, 1.82) is 0 Å². The highest BCUT2D eigenvalue weighted by atomic mass is 35.5. The Morgan fingerprint density at radius 2 is 2.08 bits per heavy atom. The summed E-state index contributed by atoms with van der Waals surface area (Å²) in [4.78, 5) is 25.5. The van der Waals surface area contributed by atoms with E-state index in [2.05, 4.69) is 26.0 Å². The third-order valence-corrected chi connectivity index (χ3v) is 4.88. The van der Waals surface area contributed by atoms with Crippen LogP contribution < -0.4 is 16.8 Å². The van der Waals surface area contributed by atoms with Gasteiger partial charge in [0.1, 0.15) is 9.98 Å². The maximum absolute atomic E-state index is 11.2. The first-order valence-electron chi connectivity index (χ1n) is 7.67. The molecule has 0 aromatic carbocycles. The Balaban J connectivity index is 0.000000880. The van der Waals surface area contributed by atoms with Crippen LogP contribution in [0.2, 0.25) is 5.15 Å². The molecule has 0 unspecified atom stereocenters. The third kappa shape index (κ3) is 3.55. The lowest BCUT2D eigenvalue weighted by atomic mass is 10.1. The van der Waals surface area contributed by atoms with Crippen LogP contribution in [0.15, 0.2) is 18.3 Å². The number of carbonyl (C=O) groups is 1. The zero-order valence-electron chi connectivity index (χ0n) is 13.5. The van der Waals surface area contributed by atoms with Crippen molar-refractivity contribution in [3.8, 4) is 11.3 Å². The van der Waals surface area contributed by atoms with Crippen molar-refractivity contribution in [2.24, 2.45) is 5.73 Å². The van der Waals surface area contributed by atoms with Gasteiger partial charge in [0.2, 0.25) is 5.95 Å². The Morgan fingerprint density at radius 3 is 2.68 bits per heavy atom. The smallest absolute Gasteiger partial charge is 0.224 e. The number of aldehydes is 1. The predicted octanol–water partition coefficient (Wildman–Crippen LogP) is 2.95. The Hall–Kier alpha value is -2.29. The summed E-state index contributed by atoms with van der Waals surface area (Å²) < 4.78 is 0. The van der Waals surface area contributed by atoms with Gasteiger partial charge in [-0.05, 0) is 32.0 Å². The van der Waals surface area contributed by atoms with E-state index in [9.17, 15) is 4.79 Å². The van der Waals surface area contributed by atoms with Crippen molar-refractivity contribution < 1.29 is 4.79 Å². The number of nitrogens with two attached hydrogens (primary N) is 2. The van der Waals surface area contributed by atoms with Crippen molar-refractivity contribution in [3.05, 3.63) is 28.4 Å². The minimum Gasteiger partial charge on any atom is -0.397 e. The van der Waals surface area contributed by atoms with Gasteiger partial charge in [0.25, 0.3) is 0 Å². The summed E-state index contributed by atoms with van der Waals surface area (Å²) in [6, 6.07) is 3.95. The fourth-order valence-corrected chi connectivity index (χ4v) is 3.35. The van der Waals surface area contributed by atoms with E-state index in [4.69, 9.17) is 17.3 Å². The summed E-state index contributed by atoms with van der Waals surface area (Å²) in [5.74, 6) is 0.545. The number of rotatable bonds is 4. The summed E-state index contributed by atoms with van der Waals surface area (Å²) >= 11 is 7.13. The summed E-state index contributed by atoms with van der Waals surface area (Å²) in [6.07, 6.45) is 4.62. The molecule has 1 saturated carbocycles. The average molecular weight is 377 g/mol. The molecule has 25 heavy (non-hydrogen) atoms. The molecule has 3 aromatic heterocycles. The van der Waals surface area contributed by atoms with E-state index in [1.165, 1.54) is 18.4 Å². The highest BCUT2D eigenvalue weighted by Gasteiger charge is 2.24. The topological polar surface area (TPSA) is 120 Å². The van der Waals surface area contributed by atoms with Crippen molar-refractivity contribution in [2.45, 2.75) is 18.9 Å². The van der Waals surface area contributed by atoms with Crippen molar-refractivity contribution in [1.82, 2.24) is 15.0 Å². The zero-order valence-corrected chi connectivity index (χ0v) is 15.1. The molecule has 3 heterocycles. The molecular weight excluding hydrogens is 360 g/mol. The van der Waals surface area contributed by atoms with Crippen LogP contribution in [0.3, 0.4) is 0 Å². The van der Waals surface area contributed by atoms with Gasteiger partial charge in [-0.3, -0.25) is 4.79 Å². The molecule has 4 rings (SSSR count). The summed E-state index contributed by atoms with van der Waals surface area (Å²) in [5.41, 5.74) is 12.5. The van der Waals surface area contributed by atoms with Crippen LogP contribution in [-0.2, 0) is 0 Å². The maximum atomic E-state index is 11.2. The largest absolute Gasteiger partial charge is 0.397 e. The molecule has 0 amide bonds. The van der Waals surface area contributed by atoms with Crippen molar-refractivity contribution >= 4 is 51.1 Å². The Labute approximate surface area is 153 Å². The number of nitrogens with zero attached hydrogens (tertiary/aromatic N) is 3. The number of nitrogen functional groups attached to an aromatic ring is 1. The second kappa shape index (κ2) is 7.30. The third-order valence-electron chi connectivity index (χ3n) is 3.64. The first-order valence-corrected chi connectivity index (χ1v) is 8.86. The fourth-order valence-electron chi connectivity index (χ4n) is 2.33. The number of halogens is 1. The van der Waals surface area contributed by atoms with Gasteiger partial charge in [-0.1, -0.05) is 11.6 Å². The van der Waals surface area contributed by atoms with E-state index in [-0.39, 0.29) is 0 Å². The van der Waals surface area contributed by atoms with Gasteiger partial charge in [0, 0.05) is 17.8 Å². The molecule has 0 radical (unpaired) electrons. The molecule has 1 aliphatic rings. The minimum atomic E-state index is 0.405. The highest BCUT2D eigenvalue weighted by Crippen LogP contribution is 2.38. The molecule has 0 atom stereocenters. The van der Waals surface area contributed by atoms with E-state index in [1.807, 2.05) is 6.07 Å². The number of thiophene rings is 1. The summed E-state index contributed by atoms with van der Waals surface area (Å²) in [5, 5.41) is 4.37. The second-order valence-electron chi connectivity index (χ2n) is 5.36.